The van der Waals surface area contributed by atoms with Gasteiger partial charge in [0.2, 0.25) is 0 Å². The summed E-state index contributed by atoms with van der Waals surface area (Å²) in [4.78, 5) is 11.4. The number of nitro benzene ring substituents is 1. The van der Waals surface area contributed by atoms with E-state index in [-0.39, 0.29) is 5.69 Å². The maximum atomic E-state index is 13.0. The fourth-order valence-corrected chi connectivity index (χ4v) is 4.22. The van der Waals surface area contributed by atoms with Gasteiger partial charge in [0.05, 0.1) is 16.0 Å². The minimum atomic E-state index is -4.37. The molecule has 0 aliphatic rings. The minimum Gasteiger partial charge on any atom is -0.315 e. The first kappa shape index (κ1) is 20.0. The van der Waals surface area contributed by atoms with Crippen molar-refractivity contribution in [3.8, 4) is 5.69 Å². The Morgan fingerprint density at radius 2 is 1.70 bits per heavy atom. The van der Waals surface area contributed by atoms with Gasteiger partial charge in [-0.2, -0.15) is 13.2 Å². The third-order valence-corrected chi connectivity index (χ3v) is 5.78. The van der Waals surface area contributed by atoms with E-state index in [1.54, 1.807) is 18.2 Å². The number of halogens is 3. The average Bonchev–Trinajstić information content (AvgIpc) is 3.11. The average molecular weight is 428 g/mol. The Balaban J connectivity index is 1.65. The number of hydrogen-bond donors (Lipinski definition) is 0. The maximum absolute atomic E-state index is 13.0. The van der Waals surface area contributed by atoms with E-state index >= 15 is 0 Å². The van der Waals surface area contributed by atoms with Crippen LogP contribution in [-0.2, 0) is 11.9 Å². The summed E-state index contributed by atoms with van der Waals surface area (Å²) in [6.45, 7) is 0. The van der Waals surface area contributed by atoms with Crippen molar-refractivity contribution in [2.24, 2.45) is 0 Å². The summed E-state index contributed by atoms with van der Waals surface area (Å²) >= 11 is 1.45. The molecule has 4 aromatic rings. The van der Waals surface area contributed by atoms with Crippen molar-refractivity contribution >= 4 is 28.4 Å². The number of thioether (sulfide) groups is 1. The first-order valence-corrected chi connectivity index (χ1v) is 9.95. The molecule has 0 N–H and O–H groups in total. The first-order chi connectivity index (χ1) is 14.3. The molecule has 3 aromatic carbocycles. The van der Waals surface area contributed by atoms with Crippen molar-refractivity contribution in [3.63, 3.8) is 0 Å². The second-order valence-corrected chi connectivity index (χ2v) is 7.66. The van der Waals surface area contributed by atoms with Gasteiger partial charge in [-0.3, -0.25) is 10.1 Å². The molecule has 152 valence electrons. The molecule has 4 nitrogen and oxygen atoms in total. The summed E-state index contributed by atoms with van der Waals surface area (Å²) in [5, 5.41) is 11.9. The van der Waals surface area contributed by atoms with E-state index < -0.39 is 16.7 Å². The fourth-order valence-electron chi connectivity index (χ4n) is 3.21. The van der Waals surface area contributed by atoms with Gasteiger partial charge in [-0.25, -0.2) is 0 Å². The van der Waals surface area contributed by atoms with Crippen LogP contribution in [0.4, 0.5) is 18.9 Å². The molecule has 8 heteroatoms. The van der Waals surface area contributed by atoms with Crippen molar-refractivity contribution in [3.05, 3.63) is 100 Å². The number of nitro groups is 1. The SMILES string of the molecule is O=[N+]([O-])c1ccc(-n2cc(SCc3cccc(C(F)(F)F)c3)c3ccccc32)cc1. The Kier molecular flexibility index (Phi) is 5.26. The number of fused-ring (bicyclic) bond motifs is 1. The Labute approximate surface area is 174 Å². The molecule has 0 aliphatic carbocycles. The summed E-state index contributed by atoms with van der Waals surface area (Å²) in [6, 6.07) is 19.2. The largest absolute Gasteiger partial charge is 0.416 e. The molecule has 0 bridgehead atoms. The highest BCUT2D eigenvalue weighted by molar-refractivity contribution is 7.98. The zero-order valence-electron chi connectivity index (χ0n) is 15.5. The topological polar surface area (TPSA) is 48.1 Å². The Hall–Kier alpha value is -3.26. The van der Waals surface area contributed by atoms with Gasteiger partial charge in [0.25, 0.3) is 5.69 Å². The number of nitrogens with zero attached hydrogens (tertiary/aromatic N) is 2. The standard InChI is InChI=1S/C22H15F3N2O2S/c23-22(24,25)16-5-3-4-15(12-16)14-30-21-13-26(20-7-2-1-6-19(20)21)17-8-10-18(11-9-17)27(28)29/h1-13H,14H2. The number of para-hydroxylation sites is 1. The van der Waals surface area contributed by atoms with E-state index in [1.165, 1.54) is 36.0 Å². The summed E-state index contributed by atoms with van der Waals surface area (Å²) in [6.07, 6.45) is -2.46. The van der Waals surface area contributed by atoms with Crippen LogP contribution in [0, 0.1) is 10.1 Å². The van der Waals surface area contributed by atoms with E-state index in [1.807, 2.05) is 35.0 Å². The van der Waals surface area contributed by atoms with Crippen molar-refractivity contribution < 1.29 is 18.1 Å². The molecule has 0 radical (unpaired) electrons. The molecular weight excluding hydrogens is 413 g/mol. The summed E-state index contributed by atoms with van der Waals surface area (Å²) in [5.74, 6) is 0.387. The highest BCUT2D eigenvalue weighted by Crippen LogP contribution is 2.35. The lowest BCUT2D eigenvalue weighted by Crippen LogP contribution is -2.04. The van der Waals surface area contributed by atoms with E-state index in [2.05, 4.69) is 0 Å². The Morgan fingerprint density at radius 1 is 0.967 bits per heavy atom. The number of alkyl halides is 3. The number of hydrogen-bond acceptors (Lipinski definition) is 3. The molecule has 0 saturated heterocycles. The first-order valence-electron chi connectivity index (χ1n) is 8.97. The Morgan fingerprint density at radius 3 is 2.40 bits per heavy atom. The van der Waals surface area contributed by atoms with Gasteiger partial charge >= 0.3 is 6.18 Å². The van der Waals surface area contributed by atoms with Gasteiger partial charge in [0, 0.05) is 40.1 Å². The van der Waals surface area contributed by atoms with Crippen LogP contribution in [0.5, 0.6) is 0 Å². The van der Waals surface area contributed by atoms with Gasteiger partial charge in [-0.05, 0) is 29.8 Å². The van der Waals surface area contributed by atoms with Gasteiger partial charge in [0.15, 0.2) is 0 Å². The monoisotopic (exact) mass is 428 g/mol. The van der Waals surface area contributed by atoms with E-state index in [0.29, 0.717) is 11.3 Å². The predicted molar refractivity (Wildman–Crippen MR) is 111 cm³/mol. The van der Waals surface area contributed by atoms with Crippen LogP contribution in [0.3, 0.4) is 0 Å². The molecule has 1 aromatic heterocycles. The smallest absolute Gasteiger partial charge is 0.315 e. The van der Waals surface area contributed by atoms with Crippen molar-refractivity contribution in [1.82, 2.24) is 4.57 Å². The van der Waals surface area contributed by atoms with E-state index in [9.17, 15) is 23.3 Å². The molecule has 0 saturated carbocycles. The number of rotatable bonds is 5. The van der Waals surface area contributed by atoms with Crippen LogP contribution in [0.1, 0.15) is 11.1 Å². The predicted octanol–water partition coefficient (Wildman–Crippen LogP) is 6.85. The van der Waals surface area contributed by atoms with Crippen LogP contribution < -0.4 is 0 Å². The number of non-ortho nitro benzene ring substituents is 1. The van der Waals surface area contributed by atoms with E-state index in [0.717, 1.165) is 27.6 Å². The van der Waals surface area contributed by atoms with Crippen LogP contribution in [-0.4, -0.2) is 9.49 Å². The van der Waals surface area contributed by atoms with Crippen LogP contribution in [0.25, 0.3) is 16.6 Å². The normalized spacial score (nSPS) is 11.7. The quantitative estimate of drug-likeness (QED) is 0.198. The molecule has 0 atom stereocenters. The summed E-state index contributed by atoms with van der Waals surface area (Å²) in [5.41, 5.74) is 1.62. The third-order valence-electron chi connectivity index (χ3n) is 4.66. The zero-order valence-corrected chi connectivity index (χ0v) is 16.3. The fraction of sp³-hybridized carbons (Fsp3) is 0.0909. The van der Waals surface area contributed by atoms with Crippen molar-refractivity contribution in [2.75, 3.05) is 0 Å². The molecule has 0 unspecified atom stereocenters. The van der Waals surface area contributed by atoms with Crippen LogP contribution in [0.15, 0.2) is 83.9 Å². The molecular formula is C22H15F3N2O2S. The lowest BCUT2D eigenvalue weighted by atomic mass is 10.1. The maximum Gasteiger partial charge on any atom is 0.416 e. The molecule has 0 spiro atoms. The molecule has 0 aliphatic heterocycles. The zero-order chi connectivity index (χ0) is 21.3. The second-order valence-electron chi connectivity index (χ2n) is 6.64. The van der Waals surface area contributed by atoms with Gasteiger partial charge in [-0.15, -0.1) is 11.8 Å². The van der Waals surface area contributed by atoms with Crippen LogP contribution >= 0.6 is 11.8 Å². The van der Waals surface area contributed by atoms with Gasteiger partial charge < -0.3 is 4.57 Å². The molecule has 4 rings (SSSR count). The van der Waals surface area contributed by atoms with Crippen molar-refractivity contribution in [1.29, 1.82) is 0 Å². The van der Waals surface area contributed by atoms with Crippen LogP contribution in [0.2, 0.25) is 0 Å². The van der Waals surface area contributed by atoms with E-state index in [4.69, 9.17) is 0 Å². The second kappa shape index (κ2) is 7.87. The molecule has 30 heavy (non-hydrogen) atoms. The highest BCUT2D eigenvalue weighted by Gasteiger charge is 2.30. The lowest BCUT2D eigenvalue weighted by molar-refractivity contribution is -0.384. The summed E-state index contributed by atoms with van der Waals surface area (Å²) < 4.78 is 40.8. The van der Waals surface area contributed by atoms with Gasteiger partial charge in [0.1, 0.15) is 0 Å². The number of aromatic nitrogens is 1. The third kappa shape index (κ3) is 4.04. The molecule has 0 amide bonds. The number of benzene rings is 3. The molecule has 1 heterocycles. The van der Waals surface area contributed by atoms with Gasteiger partial charge in [-0.1, -0.05) is 36.4 Å². The minimum absolute atomic E-state index is 0.00866. The summed E-state index contributed by atoms with van der Waals surface area (Å²) in [7, 11) is 0. The lowest BCUT2D eigenvalue weighted by Gasteiger charge is -2.08. The molecule has 0 fully saturated rings. The highest BCUT2D eigenvalue weighted by atomic mass is 32.2. The van der Waals surface area contributed by atoms with Crippen molar-refractivity contribution in [2.45, 2.75) is 16.8 Å². The Bertz CT molecular complexity index is 1220.